The van der Waals surface area contributed by atoms with Gasteiger partial charge in [0, 0.05) is 34.4 Å². The Labute approximate surface area is 175 Å². The minimum absolute atomic E-state index is 0.250. The van der Waals surface area contributed by atoms with Crippen LogP contribution in [0.25, 0.3) is 22.0 Å². The van der Waals surface area contributed by atoms with Crippen molar-refractivity contribution >= 4 is 28.4 Å². The van der Waals surface area contributed by atoms with Crippen LogP contribution in [0.4, 0.5) is 11.5 Å². The van der Waals surface area contributed by atoms with Crippen molar-refractivity contribution < 1.29 is 9.59 Å². The van der Waals surface area contributed by atoms with Crippen molar-refractivity contribution in [3.8, 4) is 11.3 Å². The van der Waals surface area contributed by atoms with Crippen LogP contribution in [-0.2, 0) is 9.59 Å². The smallest absolute Gasteiger partial charge is 0.338 e. The Morgan fingerprint density at radius 3 is 2.37 bits per heavy atom. The lowest BCUT2D eigenvalue weighted by Gasteiger charge is -2.12. The molecule has 2 aromatic heterocycles. The van der Waals surface area contributed by atoms with E-state index in [2.05, 4.69) is 83.7 Å². The molecule has 0 fully saturated rings. The number of nitrogens with zero attached hydrogens (tertiary/aromatic N) is 3. The van der Waals surface area contributed by atoms with E-state index in [-0.39, 0.29) is 6.15 Å². The zero-order valence-electron chi connectivity index (χ0n) is 17.1. The minimum Gasteiger partial charge on any atom is -0.338 e. The molecule has 4 rings (SSSR count). The van der Waals surface area contributed by atoms with Gasteiger partial charge in [0.1, 0.15) is 5.69 Å². The highest BCUT2D eigenvalue weighted by molar-refractivity contribution is 6.00. The predicted molar refractivity (Wildman–Crippen MR) is 116 cm³/mol. The predicted octanol–water partition coefficient (Wildman–Crippen LogP) is 5.28. The van der Waals surface area contributed by atoms with E-state index in [9.17, 15) is 0 Å². The van der Waals surface area contributed by atoms with E-state index in [1.165, 1.54) is 11.1 Å². The van der Waals surface area contributed by atoms with Crippen molar-refractivity contribution in [2.45, 2.75) is 26.7 Å². The van der Waals surface area contributed by atoms with E-state index >= 15 is 0 Å². The zero-order valence-corrected chi connectivity index (χ0v) is 17.1. The van der Waals surface area contributed by atoms with Crippen molar-refractivity contribution in [2.24, 2.45) is 0 Å². The summed E-state index contributed by atoms with van der Waals surface area (Å²) in [6.07, 6.45) is 3.89. The molecule has 0 atom stereocenters. The normalized spacial score (nSPS) is 10.3. The molecule has 0 aliphatic heterocycles. The molecule has 2 aromatic carbocycles. The monoisotopic (exact) mass is 398 g/mol. The Bertz CT molecular complexity index is 1180. The highest BCUT2D eigenvalue weighted by Gasteiger charge is 2.12. The number of benzene rings is 2. The molecule has 0 saturated carbocycles. The number of aromatic nitrogens is 3. The van der Waals surface area contributed by atoms with E-state index in [0.717, 1.165) is 33.5 Å². The van der Waals surface area contributed by atoms with Gasteiger partial charge in [0.25, 0.3) is 0 Å². The highest BCUT2D eigenvalue weighted by Crippen LogP contribution is 2.31. The number of aryl methyl sites for hydroxylation is 1. The van der Waals surface area contributed by atoms with Gasteiger partial charge in [0.15, 0.2) is 5.82 Å². The molecule has 0 aliphatic carbocycles. The lowest BCUT2D eigenvalue weighted by molar-refractivity contribution is -0.191. The van der Waals surface area contributed by atoms with Gasteiger partial charge in [0.05, 0.1) is 0 Å². The molecule has 0 unspecified atom stereocenters. The molecule has 0 radical (unpaired) electrons. The molecule has 1 N–H and O–H groups in total. The summed E-state index contributed by atoms with van der Waals surface area (Å²) in [6, 6.07) is 18.7. The first-order chi connectivity index (χ1) is 14.5. The van der Waals surface area contributed by atoms with Gasteiger partial charge in [-0.2, -0.15) is 9.59 Å². The zero-order chi connectivity index (χ0) is 21.5. The summed E-state index contributed by atoms with van der Waals surface area (Å²) in [5.74, 6) is 1.19. The summed E-state index contributed by atoms with van der Waals surface area (Å²) < 4.78 is 0. The number of hydrogen-bond donors (Lipinski definition) is 1. The van der Waals surface area contributed by atoms with Crippen molar-refractivity contribution in [1.29, 1.82) is 0 Å². The number of hydrogen-bond acceptors (Lipinski definition) is 6. The van der Waals surface area contributed by atoms with Gasteiger partial charge >= 0.3 is 6.15 Å². The molecular weight excluding hydrogens is 376 g/mol. The van der Waals surface area contributed by atoms with Gasteiger partial charge in [-0.3, -0.25) is 4.98 Å². The molecule has 0 aliphatic rings. The second-order valence-corrected chi connectivity index (χ2v) is 7.17. The first kappa shape index (κ1) is 20.8. The average Bonchev–Trinajstić information content (AvgIpc) is 2.75. The van der Waals surface area contributed by atoms with Crippen LogP contribution in [0.3, 0.4) is 0 Å². The summed E-state index contributed by atoms with van der Waals surface area (Å²) in [4.78, 5) is 20.6. The fraction of sp³-hybridized carbons (Fsp3) is 0.167. The molecule has 150 valence electrons. The van der Waals surface area contributed by atoms with Crippen LogP contribution in [-0.4, -0.2) is 21.3 Å². The molecule has 0 bridgehead atoms. The molecular formula is C24H22N4O2. The second kappa shape index (κ2) is 9.54. The molecule has 6 nitrogen and oxygen atoms in total. The maximum absolute atomic E-state index is 8.12. The van der Waals surface area contributed by atoms with E-state index in [1.54, 1.807) is 6.20 Å². The number of pyridine rings is 1. The maximum Gasteiger partial charge on any atom is 0.373 e. The fourth-order valence-corrected chi connectivity index (χ4v) is 3.13. The Morgan fingerprint density at radius 1 is 0.933 bits per heavy atom. The van der Waals surface area contributed by atoms with Crippen molar-refractivity contribution in [3.05, 3.63) is 78.1 Å². The van der Waals surface area contributed by atoms with Gasteiger partial charge in [-0.25, -0.2) is 0 Å². The molecule has 4 aromatic rings. The largest absolute Gasteiger partial charge is 0.373 e. The number of rotatable bonds is 4. The second-order valence-electron chi connectivity index (χ2n) is 7.17. The standard InChI is InChI=1S/C23H22N4.CO2/c1-15(2)18-5-4-6-19(13-18)25-23-21-14-24-12-11-20(21)22(26-27-23)17-9-7-16(3)8-10-17;2-1-3/h4-15H,1-3H3,(H,25,27);. The third-order valence-corrected chi connectivity index (χ3v) is 4.72. The molecule has 0 amide bonds. The van der Waals surface area contributed by atoms with Crippen LogP contribution in [0, 0.1) is 6.92 Å². The van der Waals surface area contributed by atoms with Gasteiger partial charge in [-0.05, 0) is 36.6 Å². The Morgan fingerprint density at radius 2 is 1.67 bits per heavy atom. The first-order valence-electron chi connectivity index (χ1n) is 9.57. The lowest BCUT2D eigenvalue weighted by atomic mass is 10.0. The molecule has 6 heteroatoms. The highest BCUT2D eigenvalue weighted by atomic mass is 16.2. The van der Waals surface area contributed by atoms with E-state index < -0.39 is 0 Å². The van der Waals surface area contributed by atoms with E-state index in [4.69, 9.17) is 9.59 Å². The van der Waals surface area contributed by atoms with Crippen LogP contribution in [0.1, 0.15) is 30.9 Å². The van der Waals surface area contributed by atoms with Crippen LogP contribution in [0.5, 0.6) is 0 Å². The third-order valence-electron chi connectivity index (χ3n) is 4.72. The number of nitrogens with one attached hydrogen (secondary N) is 1. The molecule has 2 heterocycles. The molecule has 30 heavy (non-hydrogen) atoms. The summed E-state index contributed by atoms with van der Waals surface area (Å²) in [7, 11) is 0. The van der Waals surface area contributed by atoms with Crippen molar-refractivity contribution in [3.63, 3.8) is 0 Å². The number of carbonyl (C=O) groups excluding carboxylic acids is 2. The third kappa shape index (κ3) is 4.74. The quantitative estimate of drug-likeness (QED) is 0.503. The molecule has 0 spiro atoms. The summed E-state index contributed by atoms with van der Waals surface area (Å²) in [6.45, 7) is 6.46. The van der Waals surface area contributed by atoms with Crippen LogP contribution >= 0.6 is 0 Å². The first-order valence-corrected chi connectivity index (χ1v) is 9.57. The van der Waals surface area contributed by atoms with Crippen LogP contribution in [0.2, 0.25) is 0 Å². The lowest BCUT2D eigenvalue weighted by Crippen LogP contribution is -2.00. The Hall–Kier alpha value is -3.89. The molecule has 0 saturated heterocycles. The van der Waals surface area contributed by atoms with Gasteiger partial charge in [0.2, 0.25) is 0 Å². The van der Waals surface area contributed by atoms with Crippen molar-refractivity contribution in [2.75, 3.05) is 5.32 Å². The Kier molecular flexibility index (Phi) is 6.63. The fourth-order valence-electron chi connectivity index (χ4n) is 3.13. The Balaban J connectivity index is 0.000000806. The maximum atomic E-state index is 8.12. The van der Waals surface area contributed by atoms with Crippen LogP contribution in [0.15, 0.2) is 67.0 Å². The van der Waals surface area contributed by atoms with Gasteiger partial charge in [-0.1, -0.05) is 55.8 Å². The number of fused-ring (bicyclic) bond motifs is 1. The van der Waals surface area contributed by atoms with Gasteiger partial charge in [-0.15, -0.1) is 10.2 Å². The number of anilines is 2. The van der Waals surface area contributed by atoms with Crippen molar-refractivity contribution in [1.82, 2.24) is 15.2 Å². The summed E-state index contributed by atoms with van der Waals surface area (Å²) in [5, 5.41) is 14.4. The van der Waals surface area contributed by atoms with E-state index in [1.807, 2.05) is 18.3 Å². The van der Waals surface area contributed by atoms with Crippen LogP contribution < -0.4 is 5.32 Å². The average molecular weight is 398 g/mol. The van der Waals surface area contributed by atoms with E-state index in [0.29, 0.717) is 5.92 Å². The summed E-state index contributed by atoms with van der Waals surface area (Å²) in [5.41, 5.74) is 5.43. The minimum atomic E-state index is 0.250. The SMILES string of the molecule is Cc1ccc(-c2nnc(Nc3cccc(C(C)C)c3)c3cnccc23)cc1.O=C=O. The van der Waals surface area contributed by atoms with Gasteiger partial charge < -0.3 is 5.32 Å². The summed E-state index contributed by atoms with van der Waals surface area (Å²) >= 11 is 0. The topological polar surface area (TPSA) is 84.8 Å².